The van der Waals surface area contributed by atoms with Gasteiger partial charge in [-0.15, -0.1) is 0 Å². The zero-order chi connectivity index (χ0) is 52.6. The van der Waals surface area contributed by atoms with Crippen LogP contribution in [0.25, 0.3) is 10.8 Å². The first-order chi connectivity index (χ1) is 32.0. The molecule has 0 radical (unpaired) electrons. The fourth-order valence-electron chi connectivity index (χ4n) is 8.84. The highest BCUT2D eigenvalue weighted by atomic mass is 32.2. The molecule has 6 rings (SSSR count). The van der Waals surface area contributed by atoms with E-state index in [0.717, 1.165) is 11.6 Å². The average molecular weight is 1040 g/mol. The van der Waals surface area contributed by atoms with Crippen LogP contribution in [0.1, 0.15) is 106 Å². The first-order valence-electron chi connectivity index (χ1n) is 23.2. The van der Waals surface area contributed by atoms with Gasteiger partial charge in [-0.3, -0.25) is 24.0 Å². The van der Waals surface area contributed by atoms with Crippen LogP contribution in [0.4, 0.5) is 0 Å². The van der Waals surface area contributed by atoms with Gasteiger partial charge in [0.05, 0.1) is 61.7 Å². The smallest absolute Gasteiger partial charge is 0.362 e. The van der Waals surface area contributed by atoms with Crippen LogP contribution >= 0.6 is 0 Å². The van der Waals surface area contributed by atoms with Crippen LogP contribution in [-0.2, 0) is 67.6 Å². The minimum Gasteiger partial charge on any atom is -0.497 e. The summed E-state index contributed by atoms with van der Waals surface area (Å²) in [5, 5.41) is 1.46. The Morgan fingerprint density at radius 1 is 0.900 bits per heavy atom. The number of ether oxygens (including phenoxy) is 4. The lowest BCUT2D eigenvalue weighted by atomic mass is 9.77. The molecule has 2 heterocycles. The minimum atomic E-state index is -4.56. The lowest BCUT2D eigenvalue weighted by molar-refractivity contribution is -0.161. The van der Waals surface area contributed by atoms with Gasteiger partial charge in [0.25, 0.3) is 0 Å². The number of nitrogens with zero attached hydrogens (tertiary/aromatic N) is 2. The van der Waals surface area contributed by atoms with E-state index in [4.69, 9.17) is 24.1 Å². The van der Waals surface area contributed by atoms with Crippen molar-refractivity contribution in [3.05, 3.63) is 30.5 Å². The van der Waals surface area contributed by atoms with Crippen LogP contribution in [-0.4, -0.2) is 138 Å². The van der Waals surface area contributed by atoms with E-state index in [1.807, 2.05) is 31.6 Å². The second-order valence-corrected chi connectivity index (χ2v) is 27.6. The largest absolute Gasteiger partial charge is 0.497 e. The number of benzene rings is 1. The Morgan fingerprint density at radius 2 is 1.51 bits per heavy atom. The number of rotatable bonds is 20. The topological polar surface area (TPSA) is 288 Å². The lowest BCUT2D eigenvalue weighted by Crippen LogP contribution is -2.49. The van der Waals surface area contributed by atoms with Crippen LogP contribution in [0.2, 0.25) is 0 Å². The van der Waals surface area contributed by atoms with E-state index in [-0.39, 0.29) is 55.5 Å². The molecule has 2 aromatic rings. The summed E-state index contributed by atoms with van der Waals surface area (Å²) in [5.41, 5.74) is 0.729. The van der Waals surface area contributed by atoms with Gasteiger partial charge < -0.3 is 29.6 Å². The highest BCUT2D eigenvalue weighted by Gasteiger charge is 2.62. The Hall–Kier alpha value is -4.45. The average Bonchev–Trinajstić information content (AvgIpc) is 4.18. The number of carbonyl (C=O) groups is 5. The van der Waals surface area contributed by atoms with Gasteiger partial charge >= 0.3 is 22.2 Å². The van der Waals surface area contributed by atoms with E-state index in [2.05, 4.69) is 9.72 Å². The third kappa shape index (κ3) is 15.0. The quantitative estimate of drug-likeness (QED) is 0.179. The fourth-order valence-corrected chi connectivity index (χ4v) is 11.4. The summed E-state index contributed by atoms with van der Waals surface area (Å²) in [6.07, 6.45) is 4.35. The number of carbonyl (C=O) groups excluding carboxylic acids is 5. The number of ketones is 1. The van der Waals surface area contributed by atoms with Gasteiger partial charge in [-0.05, 0) is 113 Å². The standard InChI is InChI=1S/C39H55N3O12S2.C8H15NO4S/c1-36(2,3)29(20-32(44)53-37(4,5)6)34(45)42-23-27(52-33-28-11-10-26(51-8)18-24(28)12-16-40-33)19-30(42)31(43)22-39(21-25(39)13-17-55(9,47)48)35(46)41-56(49,50)54-38(7)14-15-38;1-13-7(10)8(9)5-6(8)3-4-14(2,11)12/h10-12,16,18,25,27,29-30H,13-15,17,19-23H2,1-9H3,(H,41,46);6H,3-5,9H2,1-2H3/t25-,27-,29-,30+,39-;6-,8-/m11/s1. The summed E-state index contributed by atoms with van der Waals surface area (Å²) >= 11 is 0. The number of fused-ring (bicyclic) bond motifs is 1. The second-order valence-electron chi connectivity index (χ2n) is 21.8. The van der Waals surface area contributed by atoms with Gasteiger partial charge in [0.1, 0.15) is 42.7 Å². The molecule has 392 valence electrons. The van der Waals surface area contributed by atoms with Crippen molar-refractivity contribution in [2.24, 2.45) is 34.3 Å². The Kier molecular flexibility index (Phi) is 16.6. The summed E-state index contributed by atoms with van der Waals surface area (Å²) < 4.78 is 101. The Balaban J connectivity index is 0.000000559. The molecule has 1 aromatic heterocycles. The SMILES string of the molecule is COC(=O)[C@@]1(N)C[C@H]1CCS(C)(=O)=O.COc1ccc2c(O[C@@H]3C[C@@H](C(=O)C[C@]4(C(=O)NS(=O)(=O)OC5(C)CC5)C[C@H]4CCS(C)(=O)=O)N(C(=O)[C@@H](CC(=O)OC(C)(C)C)C(C)(C)C)C3)nccc2c1. The van der Waals surface area contributed by atoms with Gasteiger partial charge in [0.15, 0.2) is 5.78 Å². The molecule has 3 N–H and O–H groups in total. The molecule has 0 spiro atoms. The molecule has 0 bridgehead atoms. The maximum absolute atomic E-state index is 14.6. The molecule has 20 nitrogen and oxygen atoms in total. The zero-order valence-corrected chi connectivity index (χ0v) is 44.4. The Bertz CT molecular complexity index is 2680. The van der Waals surface area contributed by atoms with E-state index in [1.54, 1.807) is 59.2 Å². The molecule has 0 unspecified atom stereocenters. The van der Waals surface area contributed by atoms with Crippen LogP contribution in [0.3, 0.4) is 0 Å². The minimum absolute atomic E-state index is 0.00751. The molecule has 4 aliphatic rings. The van der Waals surface area contributed by atoms with E-state index in [0.29, 0.717) is 36.8 Å². The molecule has 4 fully saturated rings. The number of nitrogens with two attached hydrogens (primary N) is 1. The monoisotopic (exact) mass is 1040 g/mol. The van der Waals surface area contributed by atoms with Gasteiger partial charge in [-0.2, -0.15) is 8.42 Å². The van der Waals surface area contributed by atoms with E-state index in [1.165, 1.54) is 18.3 Å². The Labute approximate surface area is 411 Å². The molecule has 2 amide bonds. The molecule has 3 saturated carbocycles. The van der Waals surface area contributed by atoms with Crippen LogP contribution in [0.15, 0.2) is 30.5 Å². The number of sulfone groups is 2. The number of esters is 2. The molecule has 1 aliphatic heterocycles. The molecule has 70 heavy (non-hydrogen) atoms. The van der Waals surface area contributed by atoms with E-state index >= 15 is 0 Å². The van der Waals surface area contributed by atoms with E-state index < -0.39 is 117 Å². The first-order valence-corrected chi connectivity index (χ1v) is 28.7. The van der Waals surface area contributed by atoms with Crippen LogP contribution in [0, 0.1) is 28.6 Å². The van der Waals surface area contributed by atoms with Gasteiger partial charge in [-0.25, -0.2) is 30.7 Å². The van der Waals surface area contributed by atoms with Crippen LogP contribution in [0.5, 0.6) is 11.6 Å². The maximum atomic E-state index is 14.6. The normalized spacial score (nSPS) is 25.4. The number of pyridine rings is 1. The third-order valence-electron chi connectivity index (χ3n) is 13.3. The number of amides is 2. The van der Waals surface area contributed by atoms with Gasteiger partial charge in [0.2, 0.25) is 17.7 Å². The highest BCUT2D eigenvalue weighted by molar-refractivity contribution is 7.90. The number of likely N-dealkylation sites (tertiary alicyclic amines) is 1. The summed E-state index contributed by atoms with van der Waals surface area (Å²) in [6.45, 7) is 12.2. The maximum Gasteiger partial charge on any atom is 0.362 e. The predicted octanol–water partition coefficient (Wildman–Crippen LogP) is 3.63. The van der Waals surface area contributed by atoms with Crippen molar-refractivity contribution in [2.45, 2.75) is 135 Å². The van der Waals surface area contributed by atoms with Crippen molar-refractivity contribution >= 4 is 70.3 Å². The summed E-state index contributed by atoms with van der Waals surface area (Å²) in [6, 6.07) is 6.03. The van der Waals surface area contributed by atoms with Crippen molar-refractivity contribution < 1.29 is 72.4 Å². The predicted molar refractivity (Wildman–Crippen MR) is 258 cm³/mol. The molecule has 3 aliphatic carbocycles. The van der Waals surface area contributed by atoms with Gasteiger partial charge in [0, 0.05) is 36.9 Å². The van der Waals surface area contributed by atoms with Crippen molar-refractivity contribution in [2.75, 3.05) is 44.8 Å². The number of nitrogens with one attached hydrogen (secondary N) is 1. The fraction of sp³-hybridized carbons (Fsp3) is 0.702. The summed E-state index contributed by atoms with van der Waals surface area (Å²) in [7, 11) is -8.14. The van der Waals surface area contributed by atoms with E-state index in [9.17, 15) is 49.2 Å². The zero-order valence-electron chi connectivity index (χ0n) is 42.0. The molecule has 23 heteroatoms. The number of Topliss-reactive ketones (excluding diaryl/α,β-unsaturated/α-hetero) is 1. The summed E-state index contributed by atoms with van der Waals surface area (Å²) in [4.78, 5) is 73.2. The molecular weight excluding hydrogens is 973 g/mol. The van der Waals surface area contributed by atoms with Gasteiger partial charge in [-0.1, -0.05) is 20.8 Å². The molecule has 1 aromatic carbocycles. The second kappa shape index (κ2) is 20.6. The van der Waals surface area contributed by atoms with Crippen molar-refractivity contribution in [1.29, 1.82) is 0 Å². The first kappa shape index (κ1) is 56.5. The lowest BCUT2D eigenvalue weighted by Gasteiger charge is -2.35. The molecule has 7 atom stereocenters. The number of hydrogen-bond acceptors (Lipinski definition) is 18. The number of aromatic nitrogens is 1. The van der Waals surface area contributed by atoms with Crippen molar-refractivity contribution in [1.82, 2.24) is 14.6 Å². The van der Waals surface area contributed by atoms with Crippen LogP contribution < -0.4 is 19.9 Å². The Morgan fingerprint density at radius 3 is 2.06 bits per heavy atom. The molecule has 1 saturated heterocycles. The molecular formula is C47H70N4O16S3. The third-order valence-corrected chi connectivity index (χ3v) is 16.3. The number of methoxy groups -OCH3 is 2. The van der Waals surface area contributed by atoms with Crippen molar-refractivity contribution in [3.8, 4) is 11.6 Å². The van der Waals surface area contributed by atoms with Crippen molar-refractivity contribution in [3.63, 3.8) is 0 Å². The highest BCUT2D eigenvalue weighted by Crippen LogP contribution is 2.58. The number of hydrogen-bond donors (Lipinski definition) is 2. The summed E-state index contributed by atoms with van der Waals surface area (Å²) in [5.74, 6) is -3.91.